The summed E-state index contributed by atoms with van der Waals surface area (Å²) in [6.45, 7) is 2.04. The third kappa shape index (κ3) is 4.71. The Morgan fingerprint density at radius 3 is 2.80 bits per heavy atom. The molecule has 1 N–H and O–H groups in total. The summed E-state index contributed by atoms with van der Waals surface area (Å²) in [5.41, 5.74) is 3.86. The van der Waals surface area contributed by atoms with Crippen LogP contribution >= 0.6 is 23.4 Å². The zero-order chi connectivity index (χ0) is 17.6. The van der Waals surface area contributed by atoms with Gasteiger partial charge in [-0.05, 0) is 43.3 Å². The lowest BCUT2D eigenvalue weighted by atomic mass is 10.2. The van der Waals surface area contributed by atoms with Gasteiger partial charge in [0.1, 0.15) is 10.9 Å². The third-order valence-electron chi connectivity index (χ3n) is 3.20. The maximum Gasteiger partial charge on any atom is 0.274 e. The second-order valence-electron chi connectivity index (χ2n) is 5.11. The Hall–Kier alpha value is -2.57. The van der Waals surface area contributed by atoms with Gasteiger partial charge < -0.3 is 4.42 Å². The summed E-state index contributed by atoms with van der Waals surface area (Å²) in [7, 11) is 0. The highest BCUT2D eigenvalue weighted by Crippen LogP contribution is 2.28. The van der Waals surface area contributed by atoms with Crippen LogP contribution in [-0.2, 0) is 0 Å². The lowest BCUT2D eigenvalue weighted by molar-refractivity contribution is 0.0955. The molecule has 0 radical (unpaired) electrons. The molecule has 0 spiro atoms. The van der Waals surface area contributed by atoms with Crippen molar-refractivity contribution in [3.63, 3.8) is 0 Å². The van der Waals surface area contributed by atoms with E-state index in [0.717, 1.165) is 9.99 Å². The SMILES string of the molecule is Cc1ccc(Sc2ccc(C=NNC(=O)c3cccnc3Cl)o2)cc1. The Kier molecular flexibility index (Phi) is 5.53. The first-order chi connectivity index (χ1) is 12.1. The number of carbonyl (C=O) groups excluding carboxylic acids is 1. The van der Waals surface area contributed by atoms with E-state index >= 15 is 0 Å². The van der Waals surface area contributed by atoms with Gasteiger partial charge in [0.15, 0.2) is 5.09 Å². The molecule has 3 aromatic rings. The minimum atomic E-state index is -0.435. The minimum absolute atomic E-state index is 0.130. The van der Waals surface area contributed by atoms with Crippen molar-refractivity contribution in [2.45, 2.75) is 16.9 Å². The van der Waals surface area contributed by atoms with E-state index in [-0.39, 0.29) is 10.7 Å². The molecule has 0 bridgehead atoms. The van der Waals surface area contributed by atoms with E-state index in [0.29, 0.717) is 5.76 Å². The second-order valence-corrected chi connectivity index (χ2v) is 6.55. The van der Waals surface area contributed by atoms with Crippen LogP contribution in [0.25, 0.3) is 0 Å². The van der Waals surface area contributed by atoms with Crippen molar-refractivity contribution < 1.29 is 9.21 Å². The van der Waals surface area contributed by atoms with E-state index in [1.165, 1.54) is 29.7 Å². The average molecular weight is 372 g/mol. The van der Waals surface area contributed by atoms with Crippen LogP contribution in [0.1, 0.15) is 21.7 Å². The van der Waals surface area contributed by atoms with Crippen LogP contribution in [0.5, 0.6) is 0 Å². The molecular weight excluding hydrogens is 358 g/mol. The fraction of sp³-hybridized carbons (Fsp3) is 0.0556. The molecule has 7 heteroatoms. The fourth-order valence-electron chi connectivity index (χ4n) is 1.95. The van der Waals surface area contributed by atoms with Crippen molar-refractivity contribution >= 4 is 35.5 Å². The first kappa shape index (κ1) is 17.3. The summed E-state index contributed by atoms with van der Waals surface area (Å²) in [5, 5.41) is 4.75. The topological polar surface area (TPSA) is 67.5 Å². The quantitative estimate of drug-likeness (QED) is 0.406. The van der Waals surface area contributed by atoms with Gasteiger partial charge >= 0.3 is 0 Å². The van der Waals surface area contributed by atoms with Gasteiger partial charge in [0.2, 0.25) is 0 Å². The second kappa shape index (κ2) is 8.00. The first-order valence-electron chi connectivity index (χ1n) is 7.40. The third-order valence-corrected chi connectivity index (χ3v) is 4.43. The molecule has 3 rings (SSSR count). The molecule has 2 aromatic heterocycles. The summed E-state index contributed by atoms with van der Waals surface area (Å²) in [5.74, 6) is 0.0994. The van der Waals surface area contributed by atoms with Gasteiger partial charge in [-0.2, -0.15) is 5.10 Å². The summed E-state index contributed by atoms with van der Waals surface area (Å²) >= 11 is 7.37. The highest BCUT2D eigenvalue weighted by Gasteiger charge is 2.09. The molecule has 0 fully saturated rings. The van der Waals surface area contributed by atoms with Crippen molar-refractivity contribution in [2.75, 3.05) is 0 Å². The van der Waals surface area contributed by atoms with Gasteiger partial charge in [0.25, 0.3) is 5.91 Å². The largest absolute Gasteiger partial charge is 0.448 e. The molecule has 0 saturated heterocycles. The number of aromatic nitrogens is 1. The average Bonchev–Trinajstić information content (AvgIpc) is 3.04. The number of hydrogen-bond donors (Lipinski definition) is 1. The summed E-state index contributed by atoms with van der Waals surface area (Å²) in [6.07, 6.45) is 2.94. The van der Waals surface area contributed by atoms with Crippen molar-refractivity contribution in [2.24, 2.45) is 5.10 Å². The van der Waals surface area contributed by atoms with Crippen molar-refractivity contribution in [3.05, 3.63) is 76.8 Å². The van der Waals surface area contributed by atoms with Gasteiger partial charge in [-0.3, -0.25) is 4.79 Å². The number of pyridine rings is 1. The maximum absolute atomic E-state index is 11.9. The van der Waals surface area contributed by atoms with Gasteiger partial charge in [-0.25, -0.2) is 10.4 Å². The number of halogens is 1. The molecule has 2 heterocycles. The molecule has 1 amide bonds. The van der Waals surface area contributed by atoms with Crippen LogP contribution < -0.4 is 5.43 Å². The molecule has 25 heavy (non-hydrogen) atoms. The van der Waals surface area contributed by atoms with Crippen LogP contribution in [0.15, 0.2) is 74.2 Å². The Bertz CT molecular complexity index is 907. The Balaban J connectivity index is 1.59. The maximum atomic E-state index is 11.9. The molecule has 0 aliphatic heterocycles. The highest BCUT2D eigenvalue weighted by molar-refractivity contribution is 7.99. The van der Waals surface area contributed by atoms with Gasteiger partial charge in [-0.1, -0.05) is 41.1 Å². The number of nitrogens with one attached hydrogen (secondary N) is 1. The predicted octanol–water partition coefficient (Wildman–Crippen LogP) is 4.55. The number of benzene rings is 1. The molecular formula is C18H14ClN3O2S. The predicted molar refractivity (Wildman–Crippen MR) is 98.3 cm³/mol. The van der Waals surface area contributed by atoms with E-state index in [2.05, 4.69) is 15.5 Å². The van der Waals surface area contributed by atoms with E-state index in [4.69, 9.17) is 16.0 Å². The number of aryl methyl sites for hydroxylation is 1. The number of nitrogens with zero attached hydrogens (tertiary/aromatic N) is 2. The molecule has 5 nitrogen and oxygen atoms in total. The van der Waals surface area contributed by atoms with Crippen LogP contribution in [0, 0.1) is 6.92 Å². The molecule has 0 aliphatic carbocycles. The molecule has 0 atom stereocenters. The number of hydrogen-bond acceptors (Lipinski definition) is 5. The number of amides is 1. The van der Waals surface area contributed by atoms with E-state index in [1.54, 1.807) is 18.2 Å². The first-order valence-corrected chi connectivity index (χ1v) is 8.59. The van der Waals surface area contributed by atoms with E-state index in [9.17, 15) is 4.79 Å². The summed E-state index contributed by atoms with van der Waals surface area (Å²) in [6, 6.07) is 15.0. The molecule has 126 valence electrons. The lowest BCUT2D eigenvalue weighted by Gasteiger charge is -2.00. The number of furan rings is 1. The van der Waals surface area contributed by atoms with E-state index < -0.39 is 5.91 Å². The molecule has 1 aromatic carbocycles. The normalized spacial score (nSPS) is 11.0. The highest BCUT2D eigenvalue weighted by atomic mass is 35.5. The zero-order valence-corrected chi connectivity index (χ0v) is 14.8. The smallest absolute Gasteiger partial charge is 0.274 e. The number of rotatable bonds is 5. The summed E-state index contributed by atoms with van der Waals surface area (Å²) in [4.78, 5) is 16.9. The lowest BCUT2D eigenvalue weighted by Crippen LogP contribution is -2.18. The van der Waals surface area contributed by atoms with Crippen LogP contribution in [0.4, 0.5) is 0 Å². The Labute approximate surface area is 154 Å². The Morgan fingerprint density at radius 1 is 1.24 bits per heavy atom. The minimum Gasteiger partial charge on any atom is -0.448 e. The Morgan fingerprint density at radius 2 is 2.04 bits per heavy atom. The zero-order valence-electron chi connectivity index (χ0n) is 13.3. The van der Waals surface area contributed by atoms with Gasteiger partial charge in [0.05, 0.1) is 11.8 Å². The molecule has 0 saturated carbocycles. The number of hydrazone groups is 1. The number of carbonyl (C=O) groups is 1. The molecule has 0 unspecified atom stereocenters. The van der Waals surface area contributed by atoms with Gasteiger partial charge in [-0.15, -0.1) is 0 Å². The van der Waals surface area contributed by atoms with E-state index in [1.807, 2.05) is 37.3 Å². The van der Waals surface area contributed by atoms with Crippen molar-refractivity contribution in [1.82, 2.24) is 10.4 Å². The summed E-state index contributed by atoms with van der Waals surface area (Å²) < 4.78 is 5.65. The fourth-order valence-corrected chi connectivity index (χ4v) is 2.93. The van der Waals surface area contributed by atoms with Gasteiger partial charge in [0, 0.05) is 11.1 Å². The molecule has 0 aliphatic rings. The monoisotopic (exact) mass is 371 g/mol. The van der Waals surface area contributed by atoms with Crippen LogP contribution in [-0.4, -0.2) is 17.1 Å². The van der Waals surface area contributed by atoms with Crippen molar-refractivity contribution in [3.8, 4) is 0 Å². The van der Waals surface area contributed by atoms with Crippen LogP contribution in [0.3, 0.4) is 0 Å². The standard InChI is InChI=1S/C18H14ClN3O2S/c1-12-4-7-14(8-5-12)25-16-9-6-13(24-16)11-21-22-18(23)15-3-2-10-20-17(15)19/h2-11H,1H3,(H,22,23). The van der Waals surface area contributed by atoms with Crippen LogP contribution in [0.2, 0.25) is 5.15 Å². The van der Waals surface area contributed by atoms with Crippen molar-refractivity contribution in [1.29, 1.82) is 0 Å².